The second-order valence-corrected chi connectivity index (χ2v) is 10.2. The molecule has 0 radical (unpaired) electrons. The van der Waals surface area contributed by atoms with Crippen molar-refractivity contribution in [3.8, 4) is 11.5 Å². The number of carbonyl (C=O) groups is 1. The van der Waals surface area contributed by atoms with Crippen LogP contribution in [0, 0.1) is 0 Å². The second-order valence-electron chi connectivity index (χ2n) is 6.81. The van der Waals surface area contributed by atoms with E-state index in [4.69, 9.17) is 9.47 Å². The summed E-state index contributed by atoms with van der Waals surface area (Å²) in [6, 6.07) is 14.1. The highest BCUT2D eigenvalue weighted by Gasteiger charge is 2.49. The molecule has 0 aromatic heterocycles. The number of thioether (sulfide) groups is 1. The van der Waals surface area contributed by atoms with Crippen LogP contribution in [-0.2, 0) is 9.84 Å². The predicted molar refractivity (Wildman–Crippen MR) is 114 cm³/mol. The summed E-state index contributed by atoms with van der Waals surface area (Å²) in [7, 11) is -0.0752. The first-order valence-corrected chi connectivity index (χ1v) is 11.7. The van der Waals surface area contributed by atoms with E-state index in [9.17, 15) is 13.2 Å². The molecule has 2 aliphatic rings. The Balaban J connectivity index is 1.71. The molecule has 29 heavy (non-hydrogen) atoms. The molecule has 0 N–H and O–H groups in total. The number of hydrogen-bond acceptors (Lipinski definition) is 6. The maximum absolute atomic E-state index is 12.9. The van der Waals surface area contributed by atoms with Gasteiger partial charge >= 0.3 is 0 Å². The van der Waals surface area contributed by atoms with Gasteiger partial charge in [0.15, 0.2) is 15.0 Å². The summed E-state index contributed by atoms with van der Waals surface area (Å²) in [6.07, 6.45) is 0. The molecule has 1 amide bonds. The van der Waals surface area contributed by atoms with Crippen LogP contribution in [0.4, 0.5) is 5.69 Å². The van der Waals surface area contributed by atoms with Crippen molar-refractivity contribution in [1.82, 2.24) is 0 Å². The molecule has 152 valence electrons. The third-order valence-corrected chi connectivity index (χ3v) is 8.11. The average Bonchev–Trinajstić information content (AvgIpc) is 3.18. The number of amidine groups is 1. The van der Waals surface area contributed by atoms with Gasteiger partial charge < -0.3 is 14.4 Å². The average molecular weight is 433 g/mol. The molecule has 7 nitrogen and oxygen atoms in total. The van der Waals surface area contributed by atoms with E-state index in [1.807, 2.05) is 35.2 Å². The summed E-state index contributed by atoms with van der Waals surface area (Å²) >= 11 is 1.34. The van der Waals surface area contributed by atoms with Gasteiger partial charge in [0, 0.05) is 22.6 Å². The number of sulfone groups is 1. The molecule has 0 saturated carbocycles. The van der Waals surface area contributed by atoms with Gasteiger partial charge in [-0.05, 0) is 24.3 Å². The van der Waals surface area contributed by atoms with Gasteiger partial charge in [-0.2, -0.15) is 4.99 Å². The standard InChI is InChI=1S/C20H20N2O5S2/c1-26-15-8-13(9-16(10-15)27-2)19(23)21-20-22(14-6-4-3-5-7-14)17-11-29(24,25)12-18(17)28-20/h3-10,17-18H,11-12H2,1-2H3/t17-,18+/m1/s1. The SMILES string of the molecule is COc1cc(OC)cc(C(=O)N=C2S[C@H]3CS(=O)(=O)C[C@H]3N2c2ccccc2)c1. The van der Waals surface area contributed by atoms with E-state index in [2.05, 4.69) is 4.99 Å². The first-order valence-electron chi connectivity index (χ1n) is 8.97. The smallest absolute Gasteiger partial charge is 0.279 e. The third kappa shape index (κ3) is 3.97. The molecular weight excluding hydrogens is 412 g/mol. The Morgan fingerprint density at radius 2 is 1.72 bits per heavy atom. The molecule has 2 aromatic carbocycles. The molecule has 2 heterocycles. The lowest BCUT2D eigenvalue weighted by Crippen LogP contribution is -2.37. The molecule has 2 fully saturated rings. The van der Waals surface area contributed by atoms with Crippen molar-refractivity contribution in [3.05, 3.63) is 54.1 Å². The van der Waals surface area contributed by atoms with Gasteiger partial charge in [0.25, 0.3) is 5.91 Å². The number of hydrogen-bond donors (Lipinski definition) is 0. The normalized spacial score (nSPS) is 23.8. The first kappa shape index (κ1) is 19.8. The minimum atomic E-state index is -3.10. The molecular formula is C20H20N2O5S2. The molecule has 0 unspecified atom stereocenters. The van der Waals surface area contributed by atoms with Crippen molar-refractivity contribution < 1.29 is 22.7 Å². The van der Waals surface area contributed by atoms with Crippen molar-refractivity contribution >= 4 is 38.4 Å². The van der Waals surface area contributed by atoms with Crippen LogP contribution in [0.2, 0.25) is 0 Å². The van der Waals surface area contributed by atoms with E-state index in [0.717, 1.165) is 5.69 Å². The quantitative estimate of drug-likeness (QED) is 0.734. The number of anilines is 1. The maximum Gasteiger partial charge on any atom is 0.279 e. The molecule has 0 bridgehead atoms. The van der Waals surface area contributed by atoms with E-state index in [1.165, 1.54) is 26.0 Å². The highest BCUT2D eigenvalue weighted by molar-refractivity contribution is 8.16. The lowest BCUT2D eigenvalue weighted by molar-refractivity contribution is 0.100. The Bertz CT molecular complexity index is 1050. The van der Waals surface area contributed by atoms with E-state index < -0.39 is 15.7 Å². The van der Waals surface area contributed by atoms with Gasteiger partial charge in [-0.3, -0.25) is 4.79 Å². The minimum absolute atomic E-state index is 0.0553. The Kier molecular flexibility index (Phi) is 5.26. The van der Waals surface area contributed by atoms with Crippen LogP contribution in [0.15, 0.2) is 53.5 Å². The van der Waals surface area contributed by atoms with E-state index in [0.29, 0.717) is 22.2 Å². The van der Waals surface area contributed by atoms with Crippen molar-refractivity contribution in [2.24, 2.45) is 4.99 Å². The summed E-state index contributed by atoms with van der Waals surface area (Å²) in [5, 5.41) is 0.361. The minimum Gasteiger partial charge on any atom is -0.497 e. The van der Waals surface area contributed by atoms with Gasteiger partial charge in [0.1, 0.15) is 11.5 Å². The lowest BCUT2D eigenvalue weighted by Gasteiger charge is -2.24. The van der Waals surface area contributed by atoms with Gasteiger partial charge in [0.2, 0.25) is 0 Å². The molecule has 9 heteroatoms. The van der Waals surface area contributed by atoms with Crippen LogP contribution in [-0.4, -0.2) is 56.5 Å². The second kappa shape index (κ2) is 7.72. The number of amides is 1. The number of rotatable bonds is 4. The van der Waals surface area contributed by atoms with Gasteiger partial charge in [0.05, 0.1) is 31.8 Å². The number of ether oxygens (including phenoxy) is 2. The fourth-order valence-corrected chi connectivity index (χ4v) is 7.45. The molecule has 4 rings (SSSR count). The number of para-hydroxylation sites is 1. The Morgan fingerprint density at radius 1 is 1.07 bits per heavy atom. The van der Waals surface area contributed by atoms with Gasteiger partial charge in [-0.25, -0.2) is 8.42 Å². The number of methoxy groups -OCH3 is 2. The van der Waals surface area contributed by atoms with Crippen LogP contribution in [0.3, 0.4) is 0 Å². The Hall–Kier alpha value is -2.52. The number of aliphatic imine (C=N–C) groups is 1. The summed E-state index contributed by atoms with van der Waals surface area (Å²) in [5.74, 6) is 0.698. The van der Waals surface area contributed by atoms with Crippen LogP contribution in [0.5, 0.6) is 11.5 Å². The van der Waals surface area contributed by atoms with E-state index in [1.54, 1.807) is 18.2 Å². The highest BCUT2D eigenvalue weighted by Crippen LogP contribution is 2.41. The molecule has 2 saturated heterocycles. The first-order chi connectivity index (χ1) is 13.9. The van der Waals surface area contributed by atoms with Crippen LogP contribution in [0.1, 0.15) is 10.4 Å². The van der Waals surface area contributed by atoms with Crippen molar-refractivity contribution in [1.29, 1.82) is 0 Å². The van der Waals surface area contributed by atoms with Crippen LogP contribution < -0.4 is 14.4 Å². The molecule has 2 aliphatic heterocycles. The van der Waals surface area contributed by atoms with Crippen molar-refractivity contribution in [2.45, 2.75) is 11.3 Å². The fraction of sp³-hybridized carbons (Fsp3) is 0.300. The van der Waals surface area contributed by atoms with Crippen LogP contribution in [0.25, 0.3) is 0 Å². The molecule has 0 aliphatic carbocycles. The monoisotopic (exact) mass is 432 g/mol. The van der Waals surface area contributed by atoms with E-state index >= 15 is 0 Å². The maximum atomic E-state index is 12.9. The highest BCUT2D eigenvalue weighted by atomic mass is 32.2. The summed E-state index contributed by atoms with van der Waals surface area (Å²) in [4.78, 5) is 19.1. The summed E-state index contributed by atoms with van der Waals surface area (Å²) in [6.45, 7) is 0. The van der Waals surface area contributed by atoms with Gasteiger partial charge in [-0.15, -0.1) is 0 Å². The summed E-state index contributed by atoms with van der Waals surface area (Å²) in [5.41, 5.74) is 1.16. The topological polar surface area (TPSA) is 85.3 Å². The lowest BCUT2D eigenvalue weighted by atomic mass is 10.2. The number of nitrogens with zero attached hydrogens (tertiary/aromatic N) is 2. The van der Waals surface area contributed by atoms with Crippen LogP contribution >= 0.6 is 11.8 Å². The van der Waals surface area contributed by atoms with Crippen molar-refractivity contribution in [3.63, 3.8) is 0 Å². The largest absolute Gasteiger partial charge is 0.497 e. The number of carbonyl (C=O) groups excluding carboxylic acids is 1. The molecule has 2 aromatic rings. The van der Waals surface area contributed by atoms with Gasteiger partial charge in [-0.1, -0.05) is 30.0 Å². The third-order valence-electron chi connectivity index (χ3n) is 4.90. The predicted octanol–water partition coefficient (Wildman–Crippen LogP) is 2.62. The number of benzene rings is 2. The molecule has 0 spiro atoms. The number of fused-ring (bicyclic) bond motifs is 1. The molecule has 2 atom stereocenters. The zero-order chi connectivity index (χ0) is 20.6. The van der Waals surface area contributed by atoms with Crippen molar-refractivity contribution in [2.75, 3.05) is 30.6 Å². The Labute approximate surface area is 173 Å². The fourth-order valence-electron chi connectivity index (χ4n) is 3.54. The van der Waals surface area contributed by atoms with E-state index in [-0.39, 0.29) is 22.8 Å². The summed E-state index contributed by atoms with van der Waals surface area (Å²) < 4.78 is 34.7. The Morgan fingerprint density at radius 3 is 2.34 bits per heavy atom. The zero-order valence-corrected chi connectivity index (χ0v) is 17.6. The zero-order valence-electron chi connectivity index (χ0n) is 15.9.